The second-order valence-electron chi connectivity index (χ2n) is 5.11. The van der Waals surface area contributed by atoms with Crippen LogP contribution in [-0.2, 0) is 0 Å². The molecule has 3 aliphatic rings. The van der Waals surface area contributed by atoms with Crippen LogP contribution >= 0.6 is 0 Å². The first-order valence-electron chi connectivity index (χ1n) is 5.54. The van der Waals surface area contributed by atoms with Crippen molar-refractivity contribution in [2.75, 3.05) is 0 Å². The van der Waals surface area contributed by atoms with Gasteiger partial charge < -0.3 is 0 Å². The smallest absolute Gasteiger partial charge is 0.0194 e. The van der Waals surface area contributed by atoms with Gasteiger partial charge in [0.2, 0.25) is 0 Å². The molecular formula is C12H18. The highest BCUT2D eigenvalue weighted by molar-refractivity contribution is 5.21. The van der Waals surface area contributed by atoms with Gasteiger partial charge in [0.1, 0.15) is 0 Å². The van der Waals surface area contributed by atoms with Crippen LogP contribution in [0.25, 0.3) is 0 Å². The molecular weight excluding hydrogens is 144 g/mol. The zero-order valence-electron chi connectivity index (χ0n) is 7.92. The minimum Gasteiger partial charge on any atom is -0.0842 e. The van der Waals surface area contributed by atoms with Gasteiger partial charge in [-0.25, -0.2) is 0 Å². The summed E-state index contributed by atoms with van der Waals surface area (Å²) >= 11 is 0. The summed E-state index contributed by atoms with van der Waals surface area (Å²) in [5, 5.41) is 0. The average Bonchev–Trinajstić information content (AvgIpc) is 2.79. The standard InChI is InChI=1S/C12H18/c1-8-2-5-12(8)10-4-3-9-6-11(9)7-10/h5,8-11H,2-4,6-7H2,1H3. The normalized spacial score (nSPS) is 50.6. The Balaban J connectivity index is 1.69. The van der Waals surface area contributed by atoms with E-state index in [1.807, 2.05) is 5.57 Å². The molecule has 3 aliphatic carbocycles. The van der Waals surface area contributed by atoms with Crippen molar-refractivity contribution < 1.29 is 0 Å². The Morgan fingerprint density at radius 3 is 2.67 bits per heavy atom. The third-order valence-corrected chi connectivity index (χ3v) is 4.29. The lowest BCUT2D eigenvalue weighted by molar-refractivity contribution is 0.346. The Morgan fingerprint density at radius 1 is 1.17 bits per heavy atom. The van der Waals surface area contributed by atoms with Crippen molar-refractivity contribution >= 4 is 0 Å². The van der Waals surface area contributed by atoms with E-state index in [2.05, 4.69) is 13.0 Å². The fourth-order valence-electron chi connectivity index (χ4n) is 3.21. The lowest BCUT2D eigenvalue weighted by atomic mass is 9.72. The molecule has 0 nitrogen and oxygen atoms in total. The van der Waals surface area contributed by atoms with Gasteiger partial charge >= 0.3 is 0 Å². The fraction of sp³-hybridized carbons (Fsp3) is 0.833. The van der Waals surface area contributed by atoms with E-state index in [9.17, 15) is 0 Å². The SMILES string of the molecule is CC1CC=C1C1CCC2CC2C1. The monoisotopic (exact) mass is 162 g/mol. The van der Waals surface area contributed by atoms with Gasteiger partial charge in [-0.15, -0.1) is 0 Å². The third kappa shape index (κ3) is 0.967. The molecule has 0 aromatic rings. The van der Waals surface area contributed by atoms with E-state index in [0.717, 1.165) is 23.7 Å². The number of allylic oxidation sites excluding steroid dienone is 2. The molecule has 4 unspecified atom stereocenters. The summed E-state index contributed by atoms with van der Waals surface area (Å²) in [7, 11) is 0. The Hall–Kier alpha value is -0.260. The van der Waals surface area contributed by atoms with Crippen LogP contribution in [0.3, 0.4) is 0 Å². The first-order valence-corrected chi connectivity index (χ1v) is 5.54. The van der Waals surface area contributed by atoms with E-state index < -0.39 is 0 Å². The molecule has 0 aromatic heterocycles. The van der Waals surface area contributed by atoms with E-state index in [4.69, 9.17) is 0 Å². The molecule has 0 radical (unpaired) electrons. The van der Waals surface area contributed by atoms with E-state index >= 15 is 0 Å². The lowest BCUT2D eigenvalue weighted by Crippen LogP contribution is -2.20. The van der Waals surface area contributed by atoms with Gasteiger partial charge in [-0.2, -0.15) is 0 Å². The van der Waals surface area contributed by atoms with E-state index in [-0.39, 0.29) is 0 Å². The predicted octanol–water partition coefficient (Wildman–Crippen LogP) is 3.39. The highest BCUT2D eigenvalue weighted by Gasteiger charge is 2.43. The first-order chi connectivity index (χ1) is 5.84. The van der Waals surface area contributed by atoms with Gasteiger partial charge in [0.15, 0.2) is 0 Å². The summed E-state index contributed by atoms with van der Waals surface area (Å²) in [6.45, 7) is 2.40. The van der Waals surface area contributed by atoms with E-state index in [1.54, 1.807) is 19.3 Å². The van der Waals surface area contributed by atoms with Crippen LogP contribution in [0.5, 0.6) is 0 Å². The predicted molar refractivity (Wildman–Crippen MR) is 50.8 cm³/mol. The van der Waals surface area contributed by atoms with Crippen molar-refractivity contribution in [3.8, 4) is 0 Å². The molecule has 3 rings (SSSR count). The maximum Gasteiger partial charge on any atom is -0.0194 e. The van der Waals surface area contributed by atoms with Crippen LogP contribution in [0, 0.1) is 23.7 Å². The summed E-state index contributed by atoms with van der Waals surface area (Å²) in [4.78, 5) is 0. The Bertz CT molecular complexity index is 226. The van der Waals surface area contributed by atoms with Crippen LogP contribution in [-0.4, -0.2) is 0 Å². The largest absolute Gasteiger partial charge is 0.0842 e. The molecule has 0 N–H and O–H groups in total. The molecule has 0 aliphatic heterocycles. The van der Waals surface area contributed by atoms with Crippen molar-refractivity contribution in [1.82, 2.24) is 0 Å². The molecule has 4 atom stereocenters. The molecule has 2 saturated carbocycles. The first kappa shape index (κ1) is 7.17. The Morgan fingerprint density at radius 2 is 2.08 bits per heavy atom. The van der Waals surface area contributed by atoms with Crippen LogP contribution in [0.1, 0.15) is 39.0 Å². The zero-order valence-corrected chi connectivity index (χ0v) is 7.92. The van der Waals surface area contributed by atoms with Crippen molar-refractivity contribution in [1.29, 1.82) is 0 Å². The van der Waals surface area contributed by atoms with Crippen molar-refractivity contribution in [3.63, 3.8) is 0 Å². The van der Waals surface area contributed by atoms with Crippen LogP contribution in [0.2, 0.25) is 0 Å². The van der Waals surface area contributed by atoms with Gasteiger partial charge in [0.05, 0.1) is 0 Å². The zero-order chi connectivity index (χ0) is 8.13. The summed E-state index contributed by atoms with van der Waals surface area (Å²) < 4.78 is 0. The van der Waals surface area contributed by atoms with Crippen LogP contribution in [0.4, 0.5) is 0 Å². The minimum atomic E-state index is 0.935. The van der Waals surface area contributed by atoms with Gasteiger partial charge in [-0.05, 0) is 55.8 Å². The molecule has 12 heavy (non-hydrogen) atoms. The molecule has 0 bridgehead atoms. The molecule has 0 amide bonds. The number of rotatable bonds is 1. The van der Waals surface area contributed by atoms with Gasteiger partial charge in [-0.3, -0.25) is 0 Å². The highest BCUT2D eigenvalue weighted by atomic mass is 14.5. The number of fused-ring (bicyclic) bond motifs is 1. The summed E-state index contributed by atoms with van der Waals surface area (Å²) in [5.74, 6) is 4.26. The van der Waals surface area contributed by atoms with Crippen molar-refractivity contribution in [3.05, 3.63) is 11.6 Å². The van der Waals surface area contributed by atoms with E-state index in [1.165, 1.54) is 12.8 Å². The topological polar surface area (TPSA) is 0 Å². The van der Waals surface area contributed by atoms with E-state index in [0.29, 0.717) is 0 Å². The van der Waals surface area contributed by atoms with Crippen LogP contribution in [0.15, 0.2) is 11.6 Å². The second kappa shape index (κ2) is 2.37. The summed E-state index contributed by atoms with van der Waals surface area (Å²) in [6, 6.07) is 0. The van der Waals surface area contributed by atoms with Gasteiger partial charge in [0, 0.05) is 0 Å². The quantitative estimate of drug-likeness (QED) is 0.518. The average molecular weight is 162 g/mol. The summed E-state index contributed by atoms with van der Waals surface area (Å²) in [5.41, 5.74) is 1.82. The molecule has 66 valence electrons. The molecule has 0 saturated heterocycles. The molecule has 0 aromatic carbocycles. The lowest BCUT2D eigenvalue weighted by Gasteiger charge is -2.33. The van der Waals surface area contributed by atoms with Crippen LogP contribution < -0.4 is 0 Å². The molecule has 0 heterocycles. The maximum absolute atomic E-state index is 2.50. The Labute approximate surface area is 75.0 Å². The van der Waals surface area contributed by atoms with Crippen molar-refractivity contribution in [2.45, 2.75) is 39.0 Å². The summed E-state index contributed by atoms with van der Waals surface area (Å²) in [6.07, 6.45) is 10.0. The maximum atomic E-state index is 2.50. The van der Waals surface area contributed by atoms with Crippen molar-refractivity contribution in [2.24, 2.45) is 23.7 Å². The second-order valence-corrected chi connectivity index (χ2v) is 5.11. The number of hydrogen-bond acceptors (Lipinski definition) is 0. The minimum absolute atomic E-state index is 0.935. The number of hydrogen-bond donors (Lipinski definition) is 0. The molecule has 0 spiro atoms. The third-order valence-electron chi connectivity index (χ3n) is 4.29. The van der Waals surface area contributed by atoms with Gasteiger partial charge in [-0.1, -0.05) is 18.6 Å². The van der Waals surface area contributed by atoms with Gasteiger partial charge in [0.25, 0.3) is 0 Å². The molecule has 2 fully saturated rings. The fourth-order valence-corrected chi connectivity index (χ4v) is 3.21. The molecule has 0 heteroatoms. The highest BCUT2D eigenvalue weighted by Crippen LogP contribution is 2.54. The Kier molecular flexibility index (Phi) is 1.42.